The smallest absolute Gasteiger partial charge is 0.251 e. The standard InChI is InChI=1S/C21H25N3O2/c1-2-23(18-9-4-3-5-10-18)15-13-22-21(26)17-8-6-11-19(16-17)24-14-7-12-20(24)25/h3-6,8-11,16H,2,7,12-15H2,1H3,(H,22,26). The topological polar surface area (TPSA) is 52.7 Å². The molecule has 3 rings (SSSR count). The molecule has 0 saturated carbocycles. The molecule has 1 saturated heterocycles. The lowest BCUT2D eigenvalue weighted by Crippen LogP contribution is -2.35. The van der Waals surface area contributed by atoms with E-state index in [2.05, 4.69) is 29.3 Å². The molecule has 1 aliphatic heterocycles. The van der Waals surface area contributed by atoms with Crippen molar-refractivity contribution in [3.05, 3.63) is 60.2 Å². The zero-order valence-electron chi connectivity index (χ0n) is 15.1. The second-order valence-corrected chi connectivity index (χ2v) is 6.37. The molecule has 1 fully saturated rings. The molecule has 0 atom stereocenters. The molecule has 2 amide bonds. The highest BCUT2D eigenvalue weighted by Crippen LogP contribution is 2.22. The van der Waals surface area contributed by atoms with Crippen LogP contribution in [-0.4, -0.2) is 38.0 Å². The fourth-order valence-corrected chi connectivity index (χ4v) is 3.25. The van der Waals surface area contributed by atoms with Crippen LogP contribution in [0, 0.1) is 0 Å². The summed E-state index contributed by atoms with van der Waals surface area (Å²) < 4.78 is 0. The summed E-state index contributed by atoms with van der Waals surface area (Å²) in [5.74, 6) is 0.0200. The largest absolute Gasteiger partial charge is 0.370 e. The molecule has 136 valence electrons. The van der Waals surface area contributed by atoms with E-state index in [4.69, 9.17) is 0 Å². The number of nitrogens with one attached hydrogen (secondary N) is 1. The molecule has 0 spiro atoms. The van der Waals surface area contributed by atoms with Crippen molar-refractivity contribution in [1.29, 1.82) is 0 Å². The summed E-state index contributed by atoms with van der Waals surface area (Å²) in [7, 11) is 0. The molecule has 0 aromatic heterocycles. The van der Waals surface area contributed by atoms with E-state index >= 15 is 0 Å². The molecule has 0 unspecified atom stereocenters. The highest BCUT2D eigenvalue weighted by Gasteiger charge is 2.22. The Hall–Kier alpha value is -2.82. The molecule has 1 heterocycles. The number of para-hydroxylation sites is 1. The highest BCUT2D eigenvalue weighted by atomic mass is 16.2. The number of hydrogen-bond acceptors (Lipinski definition) is 3. The lowest BCUT2D eigenvalue weighted by molar-refractivity contribution is -0.117. The first-order chi connectivity index (χ1) is 12.7. The Morgan fingerprint density at radius 2 is 1.96 bits per heavy atom. The van der Waals surface area contributed by atoms with Crippen molar-refractivity contribution in [3.63, 3.8) is 0 Å². The summed E-state index contributed by atoms with van der Waals surface area (Å²) in [5.41, 5.74) is 2.54. The molecular formula is C21H25N3O2. The van der Waals surface area contributed by atoms with Crippen molar-refractivity contribution >= 4 is 23.2 Å². The summed E-state index contributed by atoms with van der Waals surface area (Å²) in [4.78, 5) is 28.3. The normalized spacial score (nSPS) is 13.7. The van der Waals surface area contributed by atoms with Gasteiger partial charge in [0.05, 0.1) is 0 Å². The number of amides is 2. The average molecular weight is 351 g/mol. The number of anilines is 2. The molecule has 1 aliphatic rings. The summed E-state index contributed by atoms with van der Waals surface area (Å²) in [6.07, 6.45) is 1.46. The van der Waals surface area contributed by atoms with Crippen LogP contribution in [0.25, 0.3) is 0 Å². The maximum Gasteiger partial charge on any atom is 0.251 e. The Balaban J connectivity index is 1.57. The van der Waals surface area contributed by atoms with Crippen LogP contribution in [0.2, 0.25) is 0 Å². The molecule has 2 aromatic carbocycles. The molecule has 26 heavy (non-hydrogen) atoms. The minimum atomic E-state index is -0.109. The van der Waals surface area contributed by atoms with Gasteiger partial charge in [-0.15, -0.1) is 0 Å². The van der Waals surface area contributed by atoms with E-state index in [-0.39, 0.29) is 11.8 Å². The number of benzene rings is 2. The van der Waals surface area contributed by atoms with E-state index < -0.39 is 0 Å². The third kappa shape index (κ3) is 4.23. The first kappa shape index (κ1) is 18.0. The second kappa shape index (κ2) is 8.52. The van der Waals surface area contributed by atoms with E-state index in [9.17, 15) is 9.59 Å². The van der Waals surface area contributed by atoms with Gasteiger partial charge in [-0.25, -0.2) is 0 Å². The van der Waals surface area contributed by atoms with Gasteiger partial charge in [0.15, 0.2) is 0 Å². The molecule has 5 nitrogen and oxygen atoms in total. The van der Waals surface area contributed by atoms with E-state index in [0.717, 1.165) is 37.4 Å². The number of likely N-dealkylation sites (N-methyl/N-ethyl adjacent to an activating group) is 1. The van der Waals surface area contributed by atoms with Gasteiger partial charge in [0.1, 0.15) is 0 Å². The van der Waals surface area contributed by atoms with E-state index in [1.807, 2.05) is 30.3 Å². The number of hydrogen-bond donors (Lipinski definition) is 1. The van der Waals surface area contributed by atoms with Gasteiger partial charge in [0.25, 0.3) is 5.91 Å². The first-order valence-electron chi connectivity index (χ1n) is 9.17. The van der Waals surface area contributed by atoms with Gasteiger partial charge in [-0.2, -0.15) is 0 Å². The van der Waals surface area contributed by atoms with Crippen LogP contribution in [0.5, 0.6) is 0 Å². The Labute approximate surface area is 154 Å². The fraction of sp³-hybridized carbons (Fsp3) is 0.333. The van der Waals surface area contributed by atoms with Crippen LogP contribution < -0.4 is 15.1 Å². The predicted octanol–water partition coefficient (Wildman–Crippen LogP) is 3.07. The number of nitrogens with zero attached hydrogens (tertiary/aromatic N) is 2. The lowest BCUT2D eigenvalue weighted by Gasteiger charge is -2.23. The molecule has 1 N–H and O–H groups in total. The fourth-order valence-electron chi connectivity index (χ4n) is 3.25. The Kier molecular flexibility index (Phi) is 5.89. The van der Waals surface area contributed by atoms with Gasteiger partial charge in [0.2, 0.25) is 5.91 Å². The summed E-state index contributed by atoms with van der Waals surface area (Å²) >= 11 is 0. The number of carbonyl (C=O) groups is 2. The van der Waals surface area contributed by atoms with Crippen molar-refractivity contribution in [2.24, 2.45) is 0 Å². The maximum atomic E-state index is 12.5. The Morgan fingerprint density at radius 3 is 2.65 bits per heavy atom. The third-order valence-electron chi connectivity index (χ3n) is 4.66. The van der Waals surface area contributed by atoms with Crippen LogP contribution in [0.4, 0.5) is 11.4 Å². The minimum Gasteiger partial charge on any atom is -0.370 e. The van der Waals surface area contributed by atoms with Gasteiger partial charge < -0.3 is 15.1 Å². The van der Waals surface area contributed by atoms with Crippen molar-refractivity contribution in [2.75, 3.05) is 36.0 Å². The van der Waals surface area contributed by atoms with Gasteiger partial charge in [-0.1, -0.05) is 24.3 Å². The van der Waals surface area contributed by atoms with Gasteiger partial charge in [-0.3, -0.25) is 9.59 Å². The second-order valence-electron chi connectivity index (χ2n) is 6.37. The van der Waals surface area contributed by atoms with E-state index in [0.29, 0.717) is 18.5 Å². The summed E-state index contributed by atoms with van der Waals surface area (Å²) in [6.45, 7) is 5.02. The Morgan fingerprint density at radius 1 is 1.15 bits per heavy atom. The third-order valence-corrected chi connectivity index (χ3v) is 4.66. The van der Waals surface area contributed by atoms with Crippen molar-refractivity contribution < 1.29 is 9.59 Å². The zero-order chi connectivity index (χ0) is 18.4. The monoisotopic (exact) mass is 351 g/mol. The highest BCUT2D eigenvalue weighted by molar-refractivity contribution is 5.99. The zero-order valence-corrected chi connectivity index (χ0v) is 15.1. The molecule has 0 radical (unpaired) electrons. The van der Waals surface area contributed by atoms with E-state index in [1.54, 1.807) is 17.0 Å². The molecule has 2 aromatic rings. The first-order valence-corrected chi connectivity index (χ1v) is 9.17. The molecule has 0 aliphatic carbocycles. The van der Waals surface area contributed by atoms with Gasteiger partial charge in [0, 0.05) is 49.5 Å². The minimum absolute atomic E-state index is 0.109. The van der Waals surface area contributed by atoms with Crippen molar-refractivity contribution in [1.82, 2.24) is 5.32 Å². The number of rotatable bonds is 7. The SMILES string of the molecule is CCN(CCNC(=O)c1cccc(N2CCCC2=O)c1)c1ccccc1. The quantitative estimate of drug-likeness (QED) is 0.834. The number of carbonyl (C=O) groups excluding carboxylic acids is 2. The van der Waals surface area contributed by atoms with Crippen LogP contribution >= 0.6 is 0 Å². The molecule has 5 heteroatoms. The van der Waals surface area contributed by atoms with Crippen molar-refractivity contribution in [3.8, 4) is 0 Å². The molecule has 0 bridgehead atoms. The summed E-state index contributed by atoms with van der Waals surface area (Å²) in [6, 6.07) is 17.5. The van der Waals surface area contributed by atoms with Crippen molar-refractivity contribution in [2.45, 2.75) is 19.8 Å². The van der Waals surface area contributed by atoms with Crippen LogP contribution in [0.1, 0.15) is 30.1 Å². The van der Waals surface area contributed by atoms with Crippen LogP contribution in [0.15, 0.2) is 54.6 Å². The van der Waals surface area contributed by atoms with Gasteiger partial charge >= 0.3 is 0 Å². The van der Waals surface area contributed by atoms with E-state index in [1.165, 1.54) is 0 Å². The lowest BCUT2D eigenvalue weighted by atomic mass is 10.1. The molecular weight excluding hydrogens is 326 g/mol. The van der Waals surface area contributed by atoms with Crippen LogP contribution in [0.3, 0.4) is 0 Å². The average Bonchev–Trinajstić information content (AvgIpc) is 3.12. The van der Waals surface area contributed by atoms with Crippen LogP contribution in [-0.2, 0) is 4.79 Å². The maximum absolute atomic E-state index is 12.5. The predicted molar refractivity (Wildman–Crippen MR) is 105 cm³/mol. The Bertz CT molecular complexity index is 761. The summed E-state index contributed by atoms with van der Waals surface area (Å²) in [5, 5.41) is 2.98. The van der Waals surface area contributed by atoms with Gasteiger partial charge in [-0.05, 0) is 43.7 Å².